The van der Waals surface area contributed by atoms with E-state index in [1.807, 2.05) is 72.8 Å². The molecule has 4 N–H and O–H groups in total. The minimum absolute atomic E-state index is 0.300. The van der Waals surface area contributed by atoms with Crippen LogP contribution in [-0.4, -0.2) is 0 Å². The number of anilines is 2. The SMILES string of the molecule is CCCCCCCCCCCCCCCC(c1ccc(Oc2ccccc2N)cc1)c1ccc(Oc2ccccc2N)cc1. The molecule has 0 bridgehead atoms. The van der Waals surface area contributed by atoms with Crippen LogP contribution in [0.4, 0.5) is 11.4 Å². The van der Waals surface area contributed by atoms with Crippen molar-refractivity contribution in [2.75, 3.05) is 11.5 Å². The quantitative estimate of drug-likeness (QED) is 0.0791. The average molecular weight is 593 g/mol. The van der Waals surface area contributed by atoms with Crippen LogP contribution >= 0.6 is 0 Å². The third kappa shape index (κ3) is 11.0. The molecule has 0 amide bonds. The second-order valence-electron chi connectivity index (χ2n) is 12.0. The van der Waals surface area contributed by atoms with Crippen LogP contribution in [0.25, 0.3) is 0 Å². The molecule has 4 rings (SSSR count). The van der Waals surface area contributed by atoms with Crippen molar-refractivity contribution in [3.05, 3.63) is 108 Å². The molecule has 0 aliphatic carbocycles. The molecule has 4 nitrogen and oxygen atoms in total. The van der Waals surface area contributed by atoms with E-state index in [2.05, 4.69) is 31.2 Å². The molecule has 0 heterocycles. The number of hydrogen-bond acceptors (Lipinski definition) is 4. The van der Waals surface area contributed by atoms with E-state index in [9.17, 15) is 0 Å². The van der Waals surface area contributed by atoms with Crippen molar-refractivity contribution in [2.24, 2.45) is 0 Å². The van der Waals surface area contributed by atoms with E-state index in [0.717, 1.165) is 17.9 Å². The molecular formula is C40H52N2O2. The molecule has 4 heteroatoms. The molecule has 4 aromatic carbocycles. The lowest BCUT2D eigenvalue weighted by Crippen LogP contribution is -2.02. The van der Waals surface area contributed by atoms with Crippen LogP contribution < -0.4 is 20.9 Å². The zero-order valence-electron chi connectivity index (χ0n) is 26.7. The Kier molecular flexibility index (Phi) is 14.0. The molecule has 234 valence electrons. The Morgan fingerprint density at radius 1 is 0.455 bits per heavy atom. The fourth-order valence-electron chi connectivity index (χ4n) is 5.83. The highest BCUT2D eigenvalue weighted by molar-refractivity contribution is 5.54. The number of benzene rings is 4. The van der Waals surface area contributed by atoms with Gasteiger partial charge < -0.3 is 20.9 Å². The van der Waals surface area contributed by atoms with Gasteiger partial charge in [-0.2, -0.15) is 0 Å². The fourth-order valence-corrected chi connectivity index (χ4v) is 5.83. The summed E-state index contributed by atoms with van der Waals surface area (Å²) in [5.74, 6) is 3.23. The first-order chi connectivity index (χ1) is 21.6. The maximum atomic E-state index is 6.09. The van der Waals surface area contributed by atoms with Crippen LogP contribution in [0.1, 0.15) is 114 Å². The van der Waals surface area contributed by atoms with Crippen molar-refractivity contribution in [1.82, 2.24) is 0 Å². The van der Waals surface area contributed by atoms with E-state index >= 15 is 0 Å². The fraction of sp³-hybridized carbons (Fsp3) is 0.400. The summed E-state index contributed by atoms with van der Waals surface area (Å²) in [5, 5.41) is 0. The molecule has 0 saturated carbocycles. The zero-order chi connectivity index (χ0) is 30.8. The molecule has 44 heavy (non-hydrogen) atoms. The van der Waals surface area contributed by atoms with E-state index in [4.69, 9.17) is 20.9 Å². The van der Waals surface area contributed by atoms with Crippen molar-refractivity contribution in [3.8, 4) is 23.0 Å². The molecular weight excluding hydrogens is 540 g/mol. The normalized spacial score (nSPS) is 11.1. The topological polar surface area (TPSA) is 70.5 Å². The smallest absolute Gasteiger partial charge is 0.150 e. The Labute approximate surface area is 265 Å². The predicted octanol–water partition coefficient (Wildman–Crippen LogP) is 12.0. The lowest BCUT2D eigenvalue weighted by atomic mass is 9.86. The lowest BCUT2D eigenvalue weighted by molar-refractivity contribution is 0.484. The Morgan fingerprint density at radius 2 is 0.818 bits per heavy atom. The Hall–Kier alpha value is -3.92. The first-order valence-electron chi connectivity index (χ1n) is 16.9. The van der Waals surface area contributed by atoms with Gasteiger partial charge in [0.15, 0.2) is 0 Å². The van der Waals surface area contributed by atoms with Crippen LogP contribution in [-0.2, 0) is 0 Å². The van der Waals surface area contributed by atoms with E-state index in [-0.39, 0.29) is 0 Å². The monoisotopic (exact) mass is 592 g/mol. The number of para-hydroxylation sites is 4. The van der Waals surface area contributed by atoms with Gasteiger partial charge in [0.1, 0.15) is 23.0 Å². The van der Waals surface area contributed by atoms with Crippen LogP contribution in [0, 0.1) is 0 Å². The van der Waals surface area contributed by atoms with Gasteiger partial charge in [0.2, 0.25) is 0 Å². The largest absolute Gasteiger partial charge is 0.455 e. The first kappa shape index (κ1) is 33.0. The van der Waals surface area contributed by atoms with Crippen molar-refractivity contribution >= 4 is 11.4 Å². The maximum Gasteiger partial charge on any atom is 0.150 e. The molecule has 0 unspecified atom stereocenters. The highest BCUT2D eigenvalue weighted by atomic mass is 16.5. The molecule has 0 saturated heterocycles. The number of unbranched alkanes of at least 4 members (excludes halogenated alkanes) is 12. The van der Waals surface area contributed by atoms with Gasteiger partial charge in [-0.3, -0.25) is 0 Å². The summed E-state index contributed by atoms with van der Waals surface area (Å²) in [6.07, 6.45) is 18.8. The maximum absolute atomic E-state index is 6.09. The molecule has 0 radical (unpaired) electrons. The minimum Gasteiger partial charge on any atom is -0.455 e. The summed E-state index contributed by atoms with van der Waals surface area (Å²) in [4.78, 5) is 0. The summed E-state index contributed by atoms with van der Waals surface area (Å²) in [5.41, 5.74) is 16.0. The average Bonchev–Trinajstić information content (AvgIpc) is 3.04. The summed E-state index contributed by atoms with van der Waals surface area (Å²) in [7, 11) is 0. The molecule has 0 atom stereocenters. The van der Waals surface area contributed by atoms with E-state index < -0.39 is 0 Å². The third-order valence-corrected chi connectivity index (χ3v) is 8.45. The molecule has 0 fully saturated rings. The number of ether oxygens (including phenoxy) is 2. The summed E-state index contributed by atoms with van der Waals surface area (Å²) in [6, 6.07) is 32.2. The number of hydrogen-bond donors (Lipinski definition) is 2. The predicted molar refractivity (Wildman–Crippen MR) is 187 cm³/mol. The molecule has 0 spiro atoms. The molecule has 0 aliphatic heterocycles. The van der Waals surface area contributed by atoms with E-state index in [0.29, 0.717) is 28.8 Å². The van der Waals surface area contributed by atoms with Crippen LogP contribution in [0.3, 0.4) is 0 Å². The van der Waals surface area contributed by atoms with Gasteiger partial charge in [0.05, 0.1) is 11.4 Å². The summed E-state index contributed by atoms with van der Waals surface area (Å²) < 4.78 is 12.1. The minimum atomic E-state index is 0.300. The third-order valence-electron chi connectivity index (χ3n) is 8.45. The van der Waals surface area contributed by atoms with Crippen LogP contribution in [0.2, 0.25) is 0 Å². The Balaban J connectivity index is 1.31. The second kappa shape index (κ2) is 18.7. The molecule has 4 aromatic rings. The Bertz CT molecular complexity index is 1260. The standard InChI is InChI=1S/C40H52N2O2/c1-2-3-4-5-6-7-8-9-10-11-12-13-14-19-36(32-24-28-34(29-25-32)43-39-22-17-15-20-37(39)41)33-26-30-35(31-27-33)44-40-23-18-16-21-38(40)42/h15-18,20-31,36H,2-14,19,41-42H2,1H3. The van der Waals surface area contributed by atoms with Gasteiger partial charge in [-0.05, 0) is 66.1 Å². The Morgan fingerprint density at radius 3 is 1.20 bits per heavy atom. The number of nitrogen functional groups attached to an aromatic ring is 2. The number of rotatable bonds is 20. The second-order valence-corrected chi connectivity index (χ2v) is 12.0. The van der Waals surface area contributed by atoms with Gasteiger partial charge in [-0.25, -0.2) is 0 Å². The van der Waals surface area contributed by atoms with Crippen molar-refractivity contribution < 1.29 is 9.47 Å². The summed E-state index contributed by atoms with van der Waals surface area (Å²) >= 11 is 0. The van der Waals surface area contributed by atoms with Crippen molar-refractivity contribution in [1.29, 1.82) is 0 Å². The summed E-state index contributed by atoms with van der Waals surface area (Å²) in [6.45, 7) is 2.29. The van der Waals surface area contributed by atoms with Gasteiger partial charge in [0.25, 0.3) is 0 Å². The molecule has 0 aliphatic rings. The first-order valence-corrected chi connectivity index (χ1v) is 16.9. The highest BCUT2D eigenvalue weighted by Crippen LogP contribution is 2.35. The van der Waals surface area contributed by atoms with Gasteiger partial charge >= 0.3 is 0 Å². The van der Waals surface area contributed by atoms with Crippen molar-refractivity contribution in [2.45, 2.75) is 103 Å². The van der Waals surface area contributed by atoms with Crippen LogP contribution in [0.5, 0.6) is 23.0 Å². The van der Waals surface area contributed by atoms with Gasteiger partial charge in [-0.1, -0.05) is 139 Å². The van der Waals surface area contributed by atoms with Crippen LogP contribution in [0.15, 0.2) is 97.1 Å². The zero-order valence-corrected chi connectivity index (χ0v) is 26.7. The molecule has 0 aromatic heterocycles. The van der Waals surface area contributed by atoms with Crippen molar-refractivity contribution in [3.63, 3.8) is 0 Å². The van der Waals surface area contributed by atoms with Gasteiger partial charge in [0, 0.05) is 5.92 Å². The van der Waals surface area contributed by atoms with E-state index in [1.54, 1.807) is 0 Å². The van der Waals surface area contributed by atoms with Gasteiger partial charge in [-0.15, -0.1) is 0 Å². The highest BCUT2D eigenvalue weighted by Gasteiger charge is 2.15. The number of nitrogens with two attached hydrogens (primary N) is 2. The lowest BCUT2D eigenvalue weighted by Gasteiger charge is -2.19. The van der Waals surface area contributed by atoms with E-state index in [1.165, 1.54) is 94.6 Å².